The monoisotopic (exact) mass is 868 g/mol. The van der Waals surface area contributed by atoms with Gasteiger partial charge >= 0.3 is 11.9 Å². The molecule has 1 spiro atoms. The Balaban J connectivity index is 1.19. The van der Waals surface area contributed by atoms with Crippen molar-refractivity contribution in [2.75, 3.05) is 48.1 Å². The molecule has 0 amide bonds. The van der Waals surface area contributed by atoms with Crippen molar-refractivity contribution in [2.24, 2.45) is 34.5 Å². The number of nitrogens with zero attached hydrogens (tertiary/aromatic N) is 1. The van der Waals surface area contributed by atoms with Crippen LogP contribution >= 0.6 is 0 Å². The van der Waals surface area contributed by atoms with Crippen molar-refractivity contribution in [3.8, 4) is 0 Å². The quantitative estimate of drug-likeness (QED) is 0.0579. The van der Waals surface area contributed by atoms with Crippen LogP contribution in [0.15, 0.2) is 42.5 Å². The third-order valence-corrected chi connectivity index (χ3v) is 16.8. The van der Waals surface area contributed by atoms with Crippen molar-refractivity contribution >= 4 is 11.9 Å². The maximum absolute atomic E-state index is 14.6. The lowest BCUT2D eigenvalue weighted by Crippen LogP contribution is -2.81. The summed E-state index contributed by atoms with van der Waals surface area (Å²) in [7, 11) is 6.41. The summed E-state index contributed by atoms with van der Waals surface area (Å²) < 4.78 is 38.7. The van der Waals surface area contributed by atoms with Gasteiger partial charge in [-0.25, -0.2) is 4.79 Å². The number of allylic oxidation sites excluding steroid dienone is 2. The number of piperidine rings is 1. The van der Waals surface area contributed by atoms with Gasteiger partial charge in [0.15, 0.2) is 5.60 Å². The Kier molecular flexibility index (Phi) is 15.3. The third kappa shape index (κ3) is 7.62. The molecule has 1 aliphatic heterocycles. The molecule has 3 N–H and O–H groups in total. The third-order valence-electron chi connectivity index (χ3n) is 16.8. The molecule has 6 aliphatic rings. The van der Waals surface area contributed by atoms with Crippen LogP contribution in [0.4, 0.5) is 0 Å². The van der Waals surface area contributed by atoms with Crippen molar-refractivity contribution in [1.29, 1.82) is 0 Å². The van der Waals surface area contributed by atoms with E-state index in [4.69, 9.17) is 28.4 Å². The summed E-state index contributed by atoms with van der Waals surface area (Å²) in [6, 6.07) is 8.31. The topological polar surface area (TPSA) is 153 Å². The van der Waals surface area contributed by atoms with Gasteiger partial charge < -0.3 is 43.7 Å². The number of ether oxygens (including phenoxy) is 6. The molecule has 6 fully saturated rings. The molecule has 1 saturated heterocycles. The molecule has 0 radical (unpaired) electrons. The zero-order valence-electron chi connectivity index (χ0n) is 38.4. The Morgan fingerprint density at radius 1 is 0.823 bits per heavy atom. The van der Waals surface area contributed by atoms with Crippen LogP contribution in [0.5, 0.6) is 0 Å². The molecule has 5 saturated carbocycles. The molecule has 1 aromatic carbocycles. The van der Waals surface area contributed by atoms with Crippen LogP contribution < -0.4 is 0 Å². The molecule has 5 aliphatic carbocycles. The van der Waals surface area contributed by atoms with Crippen LogP contribution in [0.25, 0.3) is 0 Å². The molecule has 12 nitrogen and oxygen atoms in total. The lowest BCUT2D eigenvalue weighted by molar-refractivity contribution is -0.323. The second-order valence-electron chi connectivity index (χ2n) is 19.6. The van der Waals surface area contributed by atoms with E-state index in [9.17, 15) is 24.9 Å². The molecule has 15 atom stereocenters. The van der Waals surface area contributed by atoms with Crippen molar-refractivity contribution in [3.63, 3.8) is 0 Å². The predicted molar refractivity (Wildman–Crippen MR) is 234 cm³/mol. The standard InChI is InChI=1S/C50H77NO11/c1-7-9-10-11-12-13-14-15-16-17-18-19-20-21-25-28-37(53)62-50-38-34(30-48(56,45(60-6)43(50)54)44(38)61-46(55)33-26-23-22-24-27-33)49-36(58-4)29-35(52)47(32-57-3)31-51(8-2)42(49)39(50)40(59-5)41(47)49/h15-16,22-24,26-27,34-36,38-45,52,54,56H,7-14,17-21,25,28-32H2,1-6H3/b16-15-/t34-,35-,36?,38-,39+,40+,41-,42-,43+,44-,45+,47+,48+,49+,50-/m1/s1. The first-order valence-electron chi connectivity index (χ1n) is 24.1. The molecule has 7 bridgehead atoms. The lowest BCUT2D eigenvalue weighted by Gasteiger charge is -2.70. The Hall–Kier alpha value is -2.42. The first-order valence-corrected chi connectivity index (χ1v) is 24.1. The van der Waals surface area contributed by atoms with Gasteiger partial charge in [-0.05, 0) is 63.1 Å². The summed E-state index contributed by atoms with van der Waals surface area (Å²) in [5.41, 5.74) is -4.85. The first kappa shape index (κ1) is 47.5. The number of unbranched alkanes of at least 4 members (excludes halogenated alkanes) is 11. The number of likely N-dealkylation sites (tertiary alicyclic amines) is 1. The molecule has 62 heavy (non-hydrogen) atoms. The highest BCUT2D eigenvalue weighted by atomic mass is 16.6. The number of esters is 2. The molecule has 1 aromatic rings. The van der Waals surface area contributed by atoms with Crippen LogP contribution in [0.3, 0.4) is 0 Å². The molecule has 12 heteroatoms. The summed E-state index contributed by atoms with van der Waals surface area (Å²) in [4.78, 5) is 31.0. The molecule has 0 aromatic heterocycles. The zero-order valence-corrected chi connectivity index (χ0v) is 38.4. The highest BCUT2D eigenvalue weighted by Crippen LogP contribution is 2.80. The van der Waals surface area contributed by atoms with Gasteiger partial charge in [0.05, 0.1) is 30.5 Å². The number of fused-ring (bicyclic) bond motifs is 2. The van der Waals surface area contributed by atoms with Crippen LogP contribution in [-0.2, 0) is 33.2 Å². The van der Waals surface area contributed by atoms with Crippen LogP contribution in [0.2, 0.25) is 0 Å². The highest BCUT2D eigenvalue weighted by molar-refractivity contribution is 5.89. The van der Waals surface area contributed by atoms with Gasteiger partial charge in [0.2, 0.25) is 0 Å². The largest absolute Gasteiger partial charge is 0.455 e. The molecule has 1 heterocycles. The van der Waals surface area contributed by atoms with Crippen molar-refractivity contribution in [2.45, 2.75) is 170 Å². The van der Waals surface area contributed by atoms with Crippen LogP contribution in [-0.4, -0.2) is 134 Å². The minimum absolute atomic E-state index is 0.0836. The SMILES string of the molecule is CCCCCCCC/C=C\CCCCCCCC(=O)O[C@]12[C@H]3[C@@H](OC(=O)c4ccccc4)[C@@](O)(C[C@H]3[C@@]34C(OC)C[C@@H](O)[C@@]5(COC)CN(CC)[C@@H]3[C@@H]1[C@H](OC)[C@H]54)[C@@H](OC)[C@@H]2O. The van der Waals surface area contributed by atoms with Gasteiger partial charge in [-0.2, -0.15) is 0 Å². The summed E-state index contributed by atoms with van der Waals surface area (Å²) in [5.74, 6) is -3.50. The average Bonchev–Trinajstić information content (AvgIpc) is 3.65. The van der Waals surface area contributed by atoms with E-state index in [1.54, 1.807) is 45.6 Å². The number of carbonyl (C=O) groups is 2. The Bertz CT molecular complexity index is 1680. The number of benzene rings is 1. The van der Waals surface area contributed by atoms with Gasteiger partial charge in [-0.3, -0.25) is 9.69 Å². The molecule has 348 valence electrons. The van der Waals surface area contributed by atoms with E-state index < -0.39 is 88.3 Å². The first-order chi connectivity index (χ1) is 30.0. The second kappa shape index (κ2) is 20.0. The zero-order chi connectivity index (χ0) is 44.3. The van der Waals surface area contributed by atoms with E-state index in [1.807, 2.05) is 6.07 Å². The Morgan fingerprint density at radius 3 is 2.10 bits per heavy atom. The van der Waals surface area contributed by atoms with Crippen LogP contribution in [0, 0.1) is 34.5 Å². The van der Waals surface area contributed by atoms with Crippen LogP contribution in [0.1, 0.15) is 127 Å². The summed E-state index contributed by atoms with van der Waals surface area (Å²) in [6.07, 6.45) is 14.0. The Labute approximate surface area is 370 Å². The second-order valence-corrected chi connectivity index (χ2v) is 19.6. The maximum Gasteiger partial charge on any atom is 0.338 e. The summed E-state index contributed by atoms with van der Waals surface area (Å²) >= 11 is 0. The fraction of sp³-hybridized carbons (Fsp3) is 0.800. The van der Waals surface area contributed by atoms with Crippen molar-refractivity contribution < 1.29 is 53.3 Å². The number of aliphatic hydroxyl groups excluding tert-OH is 2. The number of aliphatic hydroxyl groups is 3. The van der Waals surface area contributed by atoms with E-state index in [0.717, 1.165) is 38.5 Å². The number of methoxy groups -OCH3 is 4. The van der Waals surface area contributed by atoms with Crippen molar-refractivity contribution in [3.05, 3.63) is 48.0 Å². The Morgan fingerprint density at radius 2 is 1.48 bits per heavy atom. The van der Waals surface area contributed by atoms with E-state index in [2.05, 4.69) is 30.9 Å². The van der Waals surface area contributed by atoms with Gasteiger partial charge in [0.1, 0.15) is 23.9 Å². The maximum atomic E-state index is 14.6. The van der Waals surface area contributed by atoms with E-state index in [1.165, 1.54) is 45.6 Å². The summed E-state index contributed by atoms with van der Waals surface area (Å²) in [6.45, 7) is 5.67. The fourth-order valence-corrected chi connectivity index (χ4v) is 14.7. The fourth-order valence-electron chi connectivity index (χ4n) is 14.7. The average molecular weight is 868 g/mol. The van der Waals surface area contributed by atoms with Crippen molar-refractivity contribution in [1.82, 2.24) is 4.90 Å². The predicted octanol–water partition coefficient (Wildman–Crippen LogP) is 6.67. The lowest BCUT2D eigenvalue weighted by atomic mass is 9.42. The van der Waals surface area contributed by atoms with Gasteiger partial charge in [-0.1, -0.05) is 95.6 Å². The molecule has 1 unspecified atom stereocenters. The number of hydrogen-bond donors (Lipinski definition) is 3. The molecular weight excluding hydrogens is 791 g/mol. The van der Waals surface area contributed by atoms with Gasteiger partial charge in [-0.15, -0.1) is 0 Å². The smallest absolute Gasteiger partial charge is 0.338 e. The molecule has 7 rings (SSSR count). The summed E-state index contributed by atoms with van der Waals surface area (Å²) in [5, 5.41) is 38.4. The highest BCUT2D eigenvalue weighted by Gasteiger charge is 2.92. The number of rotatable bonds is 24. The van der Waals surface area contributed by atoms with Gasteiger partial charge in [0.25, 0.3) is 0 Å². The van der Waals surface area contributed by atoms with E-state index in [-0.39, 0.29) is 31.4 Å². The van der Waals surface area contributed by atoms with E-state index >= 15 is 0 Å². The number of carbonyl (C=O) groups excluding carboxylic acids is 2. The number of hydrogen-bond acceptors (Lipinski definition) is 12. The van der Waals surface area contributed by atoms with E-state index in [0.29, 0.717) is 31.5 Å². The molecular formula is C50H77NO11. The van der Waals surface area contributed by atoms with Gasteiger partial charge in [0, 0.05) is 82.5 Å². The minimum atomic E-state index is -1.85. The normalized spacial score (nSPS) is 40.2. The minimum Gasteiger partial charge on any atom is -0.455 e.